The van der Waals surface area contributed by atoms with Gasteiger partial charge in [0.15, 0.2) is 6.29 Å². The summed E-state index contributed by atoms with van der Waals surface area (Å²) in [5, 5.41) is 6.02. The third-order valence-corrected chi connectivity index (χ3v) is 5.19. The fraction of sp³-hybridized carbons (Fsp3) is 0.409. The average molecular weight is 447 g/mol. The molecule has 3 rings (SSSR count). The number of aromatic nitrogens is 1. The largest absolute Gasteiger partial charge is 0.354 e. The first-order valence-corrected chi connectivity index (χ1v) is 10.6. The van der Waals surface area contributed by atoms with Gasteiger partial charge in [-0.05, 0) is 30.2 Å². The monoisotopic (exact) mass is 446 g/mol. The van der Waals surface area contributed by atoms with Crippen LogP contribution in [0.5, 0.6) is 0 Å². The Labute approximate surface area is 186 Å². The van der Waals surface area contributed by atoms with E-state index in [1.54, 1.807) is 12.1 Å². The summed E-state index contributed by atoms with van der Waals surface area (Å²) in [6.45, 7) is 1.40. The number of pyridine rings is 1. The lowest BCUT2D eigenvalue weighted by molar-refractivity contribution is -0.188. The minimum Gasteiger partial charge on any atom is -0.354 e. The maximum atomic E-state index is 12.7. The highest BCUT2D eigenvalue weighted by molar-refractivity contribution is 6.31. The van der Waals surface area contributed by atoms with Crippen LogP contribution in [0.2, 0.25) is 5.02 Å². The molecule has 1 aromatic carbocycles. The molecular formula is C22H27ClN4O4. The SMILES string of the molecule is CNC(=O)c1cc(C(=O)NCCCC2OCC(N)CO2)cc(Cc2ccccc2Cl)n1. The van der Waals surface area contributed by atoms with E-state index in [0.29, 0.717) is 55.3 Å². The van der Waals surface area contributed by atoms with Crippen LogP contribution in [0.1, 0.15) is 44.9 Å². The fourth-order valence-electron chi connectivity index (χ4n) is 3.19. The zero-order chi connectivity index (χ0) is 22.2. The molecule has 8 nitrogen and oxygen atoms in total. The Bertz CT molecular complexity index is 916. The molecule has 2 amide bonds. The van der Waals surface area contributed by atoms with Gasteiger partial charge in [-0.25, -0.2) is 4.98 Å². The van der Waals surface area contributed by atoms with Gasteiger partial charge in [0.25, 0.3) is 11.8 Å². The van der Waals surface area contributed by atoms with E-state index in [0.717, 1.165) is 5.56 Å². The molecule has 1 aliphatic rings. The van der Waals surface area contributed by atoms with Gasteiger partial charge in [-0.1, -0.05) is 29.8 Å². The van der Waals surface area contributed by atoms with Gasteiger partial charge in [-0.2, -0.15) is 0 Å². The molecule has 2 aromatic rings. The second-order valence-electron chi connectivity index (χ2n) is 7.33. The van der Waals surface area contributed by atoms with Crippen molar-refractivity contribution in [1.82, 2.24) is 15.6 Å². The lowest BCUT2D eigenvalue weighted by Crippen LogP contribution is -2.41. The van der Waals surface area contributed by atoms with Crippen molar-refractivity contribution < 1.29 is 19.1 Å². The van der Waals surface area contributed by atoms with Crippen LogP contribution in [-0.2, 0) is 15.9 Å². The Morgan fingerprint density at radius 2 is 1.94 bits per heavy atom. The maximum absolute atomic E-state index is 12.7. The molecule has 0 aliphatic carbocycles. The van der Waals surface area contributed by atoms with E-state index in [1.165, 1.54) is 13.1 Å². The first kappa shape index (κ1) is 23.1. The van der Waals surface area contributed by atoms with Gasteiger partial charge >= 0.3 is 0 Å². The normalized spacial score (nSPS) is 18.4. The van der Waals surface area contributed by atoms with Crippen molar-refractivity contribution in [1.29, 1.82) is 0 Å². The number of carbonyl (C=O) groups is 2. The molecule has 4 N–H and O–H groups in total. The van der Waals surface area contributed by atoms with Gasteiger partial charge in [0.2, 0.25) is 0 Å². The van der Waals surface area contributed by atoms with Gasteiger partial charge in [-0.3, -0.25) is 9.59 Å². The van der Waals surface area contributed by atoms with E-state index < -0.39 is 0 Å². The molecule has 0 spiro atoms. The number of rotatable bonds is 8. The first-order chi connectivity index (χ1) is 15.0. The van der Waals surface area contributed by atoms with Crippen LogP contribution in [0.15, 0.2) is 36.4 Å². The highest BCUT2D eigenvalue weighted by atomic mass is 35.5. The predicted octanol–water partition coefficient (Wildman–Crippen LogP) is 1.90. The molecule has 1 fully saturated rings. The molecule has 31 heavy (non-hydrogen) atoms. The number of benzene rings is 1. The first-order valence-electron chi connectivity index (χ1n) is 10.2. The Balaban J connectivity index is 1.63. The number of hydrogen-bond donors (Lipinski definition) is 3. The highest BCUT2D eigenvalue weighted by Crippen LogP contribution is 2.19. The van der Waals surface area contributed by atoms with Crippen molar-refractivity contribution in [3.05, 3.63) is 63.9 Å². The van der Waals surface area contributed by atoms with Gasteiger partial charge < -0.3 is 25.8 Å². The van der Waals surface area contributed by atoms with Crippen molar-refractivity contribution in [2.45, 2.75) is 31.6 Å². The maximum Gasteiger partial charge on any atom is 0.269 e. The summed E-state index contributed by atoms with van der Waals surface area (Å²) in [5.41, 5.74) is 7.71. The molecule has 0 saturated carbocycles. The van der Waals surface area contributed by atoms with Crippen LogP contribution >= 0.6 is 11.6 Å². The number of carbonyl (C=O) groups excluding carboxylic acids is 2. The summed E-state index contributed by atoms with van der Waals surface area (Å²) in [5.74, 6) is -0.639. The number of halogens is 1. The predicted molar refractivity (Wildman–Crippen MR) is 117 cm³/mol. The molecule has 1 aromatic heterocycles. The lowest BCUT2D eigenvalue weighted by atomic mass is 10.1. The van der Waals surface area contributed by atoms with Crippen molar-refractivity contribution in [3.8, 4) is 0 Å². The summed E-state index contributed by atoms with van der Waals surface area (Å²) in [7, 11) is 1.52. The molecule has 9 heteroatoms. The minimum atomic E-state index is -0.361. The molecule has 1 saturated heterocycles. The summed E-state index contributed by atoms with van der Waals surface area (Å²) in [6.07, 6.45) is 1.46. The number of ether oxygens (including phenoxy) is 2. The summed E-state index contributed by atoms with van der Waals surface area (Å²) >= 11 is 6.25. The van der Waals surface area contributed by atoms with Gasteiger partial charge in [0.05, 0.1) is 19.3 Å². The average Bonchev–Trinajstić information content (AvgIpc) is 2.78. The fourth-order valence-corrected chi connectivity index (χ4v) is 3.39. The van der Waals surface area contributed by atoms with Crippen LogP contribution in [0.3, 0.4) is 0 Å². The van der Waals surface area contributed by atoms with Gasteiger partial charge in [0, 0.05) is 42.7 Å². The van der Waals surface area contributed by atoms with Crippen molar-refractivity contribution in [2.75, 3.05) is 26.8 Å². The Morgan fingerprint density at radius 1 is 1.19 bits per heavy atom. The van der Waals surface area contributed by atoms with E-state index in [9.17, 15) is 9.59 Å². The van der Waals surface area contributed by atoms with E-state index >= 15 is 0 Å². The number of hydrogen-bond acceptors (Lipinski definition) is 6. The third-order valence-electron chi connectivity index (χ3n) is 4.82. The van der Waals surface area contributed by atoms with Crippen molar-refractivity contribution in [2.24, 2.45) is 5.73 Å². The number of amides is 2. The molecule has 0 unspecified atom stereocenters. The van der Waals surface area contributed by atoms with Gasteiger partial charge in [-0.15, -0.1) is 0 Å². The second kappa shape index (κ2) is 11.2. The zero-order valence-electron chi connectivity index (χ0n) is 17.4. The van der Waals surface area contributed by atoms with Crippen LogP contribution in [0, 0.1) is 0 Å². The summed E-state index contributed by atoms with van der Waals surface area (Å²) < 4.78 is 11.0. The van der Waals surface area contributed by atoms with Crippen LogP contribution in [0.25, 0.3) is 0 Å². The summed E-state index contributed by atoms with van der Waals surface area (Å²) in [4.78, 5) is 29.2. The van der Waals surface area contributed by atoms with Crippen molar-refractivity contribution in [3.63, 3.8) is 0 Å². The van der Waals surface area contributed by atoms with Crippen molar-refractivity contribution >= 4 is 23.4 Å². The Hall–Kier alpha value is -2.52. The standard InChI is InChI=1S/C22H27ClN4O4/c1-25-22(29)19-11-15(10-17(27-19)9-14-5-2-3-6-18(14)23)21(28)26-8-4-7-20-30-12-16(24)13-31-20/h2-3,5-6,10-11,16,20H,4,7-9,12-13,24H2,1H3,(H,25,29)(H,26,28). The van der Waals surface area contributed by atoms with E-state index in [2.05, 4.69) is 15.6 Å². The molecule has 166 valence electrons. The number of nitrogens with zero attached hydrogens (tertiary/aromatic N) is 1. The van der Waals surface area contributed by atoms with E-state index in [-0.39, 0.29) is 29.8 Å². The van der Waals surface area contributed by atoms with E-state index in [1.807, 2.05) is 18.2 Å². The molecule has 1 aliphatic heterocycles. The van der Waals surface area contributed by atoms with Gasteiger partial charge in [0.1, 0.15) is 5.69 Å². The third kappa shape index (κ3) is 6.73. The number of nitrogens with one attached hydrogen (secondary N) is 2. The zero-order valence-corrected chi connectivity index (χ0v) is 18.2. The topological polar surface area (TPSA) is 116 Å². The lowest BCUT2D eigenvalue weighted by Gasteiger charge is -2.27. The van der Waals surface area contributed by atoms with Crippen LogP contribution in [0.4, 0.5) is 0 Å². The van der Waals surface area contributed by atoms with Crippen LogP contribution in [-0.4, -0.2) is 55.9 Å². The van der Waals surface area contributed by atoms with Crippen LogP contribution < -0.4 is 16.4 Å². The Morgan fingerprint density at radius 3 is 2.65 bits per heavy atom. The second-order valence-corrected chi connectivity index (χ2v) is 7.74. The molecule has 2 heterocycles. The molecule has 0 atom stereocenters. The molecular weight excluding hydrogens is 420 g/mol. The highest BCUT2D eigenvalue weighted by Gasteiger charge is 2.19. The quantitative estimate of drug-likeness (QED) is 0.533. The Kier molecular flexibility index (Phi) is 8.36. The van der Waals surface area contributed by atoms with E-state index in [4.69, 9.17) is 26.8 Å². The molecule has 0 radical (unpaired) electrons. The number of nitrogens with two attached hydrogens (primary N) is 1. The summed E-state index contributed by atoms with van der Waals surface area (Å²) in [6, 6.07) is 10.5. The molecule has 0 bridgehead atoms. The minimum absolute atomic E-state index is 0.0860. The smallest absolute Gasteiger partial charge is 0.269 e.